The Bertz CT molecular complexity index is 940. The maximum absolute atomic E-state index is 12.9. The summed E-state index contributed by atoms with van der Waals surface area (Å²) in [7, 11) is -8.13. The summed E-state index contributed by atoms with van der Waals surface area (Å²) < 4.78 is 72.6. The summed E-state index contributed by atoms with van der Waals surface area (Å²) >= 11 is 0. The molecule has 0 radical (unpaired) electrons. The summed E-state index contributed by atoms with van der Waals surface area (Å²) in [4.78, 5) is 0. The minimum absolute atomic E-state index is 0.317. The first kappa shape index (κ1) is 23.5. The zero-order chi connectivity index (χ0) is 22.3. The molecule has 0 aromatic heterocycles. The summed E-state index contributed by atoms with van der Waals surface area (Å²) in [6, 6.07) is 2.79. The first-order chi connectivity index (χ1) is 13.1. The molecule has 0 aliphatic carbocycles. The van der Waals surface area contributed by atoms with E-state index in [2.05, 4.69) is 10.3 Å². The predicted octanol–water partition coefficient (Wildman–Crippen LogP) is 5.37. The highest BCUT2D eigenvalue weighted by molar-refractivity contribution is 7.88. The molecule has 0 saturated carbocycles. The smallest absolute Gasteiger partial charge is 0.483 e. The molecule has 2 rings (SSSR count). The van der Waals surface area contributed by atoms with Crippen LogP contribution in [0, 0.1) is 0 Å². The molecule has 1 aliphatic rings. The second kappa shape index (κ2) is 7.83. The first-order valence-corrected chi connectivity index (χ1v) is 14.2. The van der Waals surface area contributed by atoms with Crippen LogP contribution in [0.1, 0.15) is 39.2 Å². The van der Waals surface area contributed by atoms with Gasteiger partial charge in [0, 0.05) is 10.8 Å². The molecule has 0 saturated heterocycles. The zero-order valence-electron chi connectivity index (χ0n) is 17.5. The molecule has 0 N–H and O–H groups in total. The van der Waals surface area contributed by atoms with E-state index in [1.54, 1.807) is 0 Å². The van der Waals surface area contributed by atoms with E-state index in [1.165, 1.54) is 17.7 Å². The van der Waals surface area contributed by atoms with Gasteiger partial charge in [-0.15, -0.1) is 0 Å². The van der Waals surface area contributed by atoms with Crippen molar-refractivity contribution in [2.24, 2.45) is 0 Å². The Morgan fingerprint density at radius 3 is 2.38 bits per heavy atom. The van der Waals surface area contributed by atoms with Gasteiger partial charge in [0.1, 0.15) is 17.1 Å². The van der Waals surface area contributed by atoms with Crippen molar-refractivity contribution in [3.63, 3.8) is 0 Å². The summed E-state index contributed by atoms with van der Waals surface area (Å²) in [5.41, 5.74) is -4.28. The number of hydrogen-bond donors (Lipinski definition) is 0. The topological polar surface area (TPSA) is 52.6 Å². The number of halogens is 3. The molecule has 9 heteroatoms. The Balaban J connectivity index is 2.53. The third-order valence-corrected chi connectivity index (χ3v) is 7.47. The number of allylic oxidation sites excluding steroid dienone is 2. The van der Waals surface area contributed by atoms with Gasteiger partial charge in [0.05, 0.1) is 8.07 Å². The molecule has 0 bridgehead atoms. The molecule has 1 heterocycles. The lowest BCUT2D eigenvalue weighted by molar-refractivity contribution is -0.0499. The largest absolute Gasteiger partial charge is 0.534 e. The van der Waals surface area contributed by atoms with E-state index in [1.807, 2.05) is 52.6 Å². The van der Waals surface area contributed by atoms with Crippen LogP contribution in [-0.4, -0.2) is 27.6 Å². The van der Waals surface area contributed by atoms with Gasteiger partial charge >= 0.3 is 15.6 Å². The van der Waals surface area contributed by atoms with Crippen LogP contribution in [0.25, 0.3) is 6.08 Å². The van der Waals surface area contributed by atoms with E-state index in [0.29, 0.717) is 22.9 Å². The normalized spacial score (nSPS) is 19.3. The van der Waals surface area contributed by atoms with Crippen molar-refractivity contribution in [1.29, 1.82) is 0 Å². The van der Waals surface area contributed by atoms with Gasteiger partial charge in [0.2, 0.25) is 0 Å². The van der Waals surface area contributed by atoms with Crippen LogP contribution in [0.5, 0.6) is 11.5 Å². The number of benzene rings is 1. The van der Waals surface area contributed by atoms with Gasteiger partial charge in [-0.2, -0.15) is 21.6 Å². The van der Waals surface area contributed by atoms with Gasteiger partial charge < -0.3 is 8.92 Å². The number of alkyl halides is 3. The van der Waals surface area contributed by atoms with Crippen LogP contribution < -0.4 is 14.1 Å². The first-order valence-electron chi connectivity index (χ1n) is 9.26. The van der Waals surface area contributed by atoms with Crippen molar-refractivity contribution in [3.8, 4) is 11.5 Å². The quantitative estimate of drug-likeness (QED) is 0.254. The van der Waals surface area contributed by atoms with Crippen molar-refractivity contribution in [2.45, 2.75) is 64.4 Å². The molecule has 29 heavy (non-hydrogen) atoms. The van der Waals surface area contributed by atoms with E-state index >= 15 is 0 Å². The Labute approximate surface area is 171 Å². The second-order valence-corrected chi connectivity index (χ2v) is 15.2. The monoisotopic (exact) mass is 448 g/mol. The predicted molar refractivity (Wildman–Crippen MR) is 112 cm³/mol. The van der Waals surface area contributed by atoms with E-state index < -0.39 is 29.3 Å². The summed E-state index contributed by atoms with van der Waals surface area (Å²) in [5.74, 6) is 0.0865. The number of fused-ring (bicyclic) bond motifs is 1. The fourth-order valence-corrected chi connectivity index (χ4v) is 5.38. The Morgan fingerprint density at radius 2 is 1.86 bits per heavy atom. The van der Waals surface area contributed by atoms with Crippen molar-refractivity contribution in [3.05, 3.63) is 35.4 Å². The van der Waals surface area contributed by atoms with Crippen molar-refractivity contribution < 1.29 is 30.5 Å². The highest BCUT2D eigenvalue weighted by Crippen LogP contribution is 2.37. The van der Waals surface area contributed by atoms with E-state index in [0.717, 1.165) is 6.42 Å². The number of ether oxygens (including phenoxy) is 1. The summed E-state index contributed by atoms with van der Waals surface area (Å²) in [6.07, 6.45) is 7.33. The van der Waals surface area contributed by atoms with Crippen LogP contribution >= 0.6 is 0 Å². The molecule has 0 spiro atoms. The highest BCUT2D eigenvalue weighted by atomic mass is 32.2. The molecular weight excluding hydrogens is 421 g/mol. The van der Waals surface area contributed by atoms with E-state index in [4.69, 9.17) is 4.74 Å². The van der Waals surface area contributed by atoms with Gasteiger partial charge in [0.15, 0.2) is 0 Å². The summed E-state index contributed by atoms with van der Waals surface area (Å²) in [5, 5.41) is 0.417. The molecule has 1 aliphatic heterocycles. The minimum Gasteiger partial charge on any atom is -0.483 e. The van der Waals surface area contributed by atoms with E-state index in [9.17, 15) is 21.6 Å². The third kappa shape index (κ3) is 5.45. The van der Waals surface area contributed by atoms with Gasteiger partial charge in [0.25, 0.3) is 0 Å². The standard InChI is InChI=1S/C20H27F3O4SSi/c1-14(2)8-7-12-19(3)13-11-15-9-10-16(27-28(24,25)20(21,22)23)18(17(15)26-19)29(4,5)6/h8-11,13H,7,12H2,1-6H3. The molecule has 0 fully saturated rings. The molecule has 1 atom stereocenters. The van der Waals surface area contributed by atoms with Gasteiger partial charge in [-0.05, 0) is 51.8 Å². The molecular formula is C20H27F3O4SSi. The molecule has 1 unspecified atom stereocenters. The van der Waals surface area contributed by atoms with Crippen molar-refractivity contribution in [1.82, 2.24) is 0 Å². The van der Waals surface area contributed by atoms with Crippen molar-refractivity contribution >= 4 is 29.5 Å². The van der Waals surface area contributed by atoms with Gasteiger partial charge in [-0.25, -0.2) is 0 Å². The van der Waals surface area contributed by atoms with Gasteiger partial charge in [-0.3, -0.25) is 0 Å². The number of rotatable bonds is 6. The molecule has 162 valence electrons. The van der Waals surface area contributed by atoms with E-state index in [-0.39, 0.29) is 5.75 Å². The lowest BCUT2D eigenvalue weighted by Crippen LogP contribution is -2.44. The van der Waals surface area contributed by atoms with Crippen molar-refractivity contribution in [2.75, 3.05) is 0 Å². The Hall–Kier alpha value is -1.74. The Morgan fingerprint density at radius 1 is 1.24 bits per heavy atom. The molecule has 1 aromatic rings. The average Bonchev–Trinajstić information content (AvgIpc) is 2.51. The fraction of sp³-hybridized carbons (Fsp3) is 0.500. The van der Waals surface area contributed by atoms with Crippen LogP contribution in [-0.2, 0) is 10.1 Å². The fourth-order valence-electron chi connectivity index (χ4n) is 3.08. The SMILES string of the molecule is CC(C)=CCCC1(C)C=Cc2ccc(OS(=O)(=O)C(F)(F)F)c([Si](C)(C)C)c2O1. The lowest BCUT2D eigenvalue weighted by Gasteiger charge is -2.35. The zero-order valence-corrected chi connectivity index (χ0v) is 19.3. The average molecular weight is 449 g/mol. The molecule has 0 amide bonds. The van der Waals surface area contributed by atoms with Gasteiger partial charge in [-0.1, -0.05) is 37.4 Å². The Kier molecular flexibility index (Phi) is 6.35. The maximum Gasteiger partial charge on any atom is 0.534 e. The highest BCUT2D eigenvalue weighted by Gasteiger charge is 2.49. The second-order valence-electron chi connectivity index (χ2n) is 8.66. The molecule has 1 aromatic carbocycles. The number of hydrogen-bond acceptors (Lipinski definition) is 4. The summed E-state index contributed by atoms with van der Waals surface area (Å²) in [6.45, 7) is 11.6. The third-order valence-electron chi connectivity index (χ3n) is 4.53. The van der Waals surface area contributed by atoms with Crippen LogP contribution in [0.15, 0.2) is 29.9 Å². The minimum atomic E-state index is -5.77. The molecule has 4 nitrogen and oxygen atoms in total. The van der Waals surface area contributed by atoms with Crippen LogP contribution in [0.3, 0.4) is 0 Å². The van der Waals surface area contributed by atoms with Crippen LogP contribution in [0.2, 0.25) is 19.6 Å². The maximum atomic E-state index is 12.9. The van der Waals surface area contributed by atoms with Crippen LogP contribution in [0.4, 0.5) is 13.2 Å². The lowest BCUT2D eigenvalue weighted by atomic mass is 9.94.